The molecule has 2 aliphatic rings. The minimum Gasteiger partial charge on any atom is -0.361 e. The van der Waals surface area contributed by atoms with Crippen LogP contribution in [0.2, 0.25) is 0 Å². The van der Waals surface area contributed by atoms with E-state index in [1.165, 1.54) is 11.1 Å². The molecule has 0 aromatic carbocycles. The maximum Gasteiger partial charge on any atom is 0.226 e. The van der Waals surface area contributed by atoms with E-state index in [4.69, 9.17) is 4.52 Å². The average Bonchev–Trinajstić information content (AvgIpc) is 2.93. The summed E-state index contributed by atoms with van der Waals surface area (Å²) in [5.41, 5.74) is 3.56. The molecule has 0 radical (unpaired) electrons. The van der Waals surface area contributed by atoms with Crippen LogP contribution in [0.15, 0.2) is 16.2 Å². The quantitative estimate of drug-likeness (QED) is 0.787. The van der Waals surface area contributed by atoms with Crippen LogP contribution in [-0.4, -0.2) is 47.0 Å². The van der Waals surface area contributed by atoms with Gasteiger partial charge in [-0.3, -0.25) is 9.69 Å². The number of aromatic nitrogens is 1. The van der Waals surface area contributed by atoms with Crippen molar-refractivity contribution in [1.29, 1.82) is 0 Å². The molecule has 1 saturated carbocycles. The third kappa shape index (κ3) is 3.52. The van der Waals surface area contributed by atoms with Gasteiger partial charge in [0.05, 0.1) is 11.6 Å². The summed E-state index contributed by atoms with van der Waals surface area (Å²) in [4.78, 5) is 17.4. The van der Waals surface area contributed by atoms with Gasteiger partial charge in [-0.25, -0.2) is 0 Å². The van der Waals surface area contributed by atoms with Crippen molar-refractivity contribution in [3.8, 4) is 0 Å². The minimum absolute atomic E-state index is 0.0994. The van der Waals surface area contributed by atoms with Gasteiger partial charge in [-0.1, -0.05) is 30.7 Å². The van der Waals surface area contributed by atoms with Crippen LogP contribution < -0.4 is 0 Å². The summed E-state index contributed by atoms with van der Waals surface area (Å²) in [5.74, 6) is 1.78. The van der Waals surface area contributed by atoms with Gasteiger partial charge < -0.3 is 9.42 Å². The Morgan fingerprint density at radius 3 is 2.40 bits per heavy atom. The Hall–Kier alpha value is -1.62. The fourth-order valence-corrected chi connectivity index (χ4v) is 4.09. The molecule has 1 aromatic rings. The maximum atomic E-state index is 13.0. The minimum atomic E-state index is 0.0994. The van der Waals surface area contributed by atoms with Crippen LogP contribution in [0.25, 0.3) is 0 Å². The second-order valence-corrected chi connectivity index (χ2v) is 8.47. The molecule has 1 aliphatic carbocycles. The lowest BCUT2D eigenvalue weighted by atomic mass is 10.1. The molecule has 0 bridgehead atoms. The van der Waals surface area contributed by atoms with Gasteiger partial charge in [0.2, 0.25) is 5.91 Å². The molecule has 0 spiro atoms. The van der Waals surface area contributed by atoms with E-state index in [0.717, 1.165) is 44.2 Å². The van der Waals surface area contributed by atoms with Gasteiger partial charge in [-0.05, 0) is 39.0 Å². The number of nitrogens with zero attached hydrogens (tertiary/aromatic N) is 3. The molecule has 2 atom stereocenters. The molecular formula is C20H31N3O2. The van der Waals surface area contributed by atoms with Crippen molar-refractivity contribution >= 4 is 5.91 Å². The number of aryl methyl sites for hydroxylation is 2. The van der Waals surface area contributed by atoms with Crippen LogP contribution in [-0.2, 0) is 11.3 Å². The number of hydrogen-bond acceptors (Lipinski definition) is 4. The van der Waals surface area contributed by atoms with Crippen molar-refractivity contribution in [1.82, 2.24) is 15.0 Å². The maximum absolute atomic E-state index is 13.0. The number of amides is 1. The molecule has 2 heterocycles. The van der Waals surface area contributed by atoms with Crippen LogP contribution in [0.5, 0.6) is 0 Å². The fraction of sp³-hybridized carbons (Fsp3) is 0.700. The smallest absolute Gasteiger partial charge is 0.226 e. The van der Waals surface area contributed by atoms with E-state index >= 15 is 0 Å². The molecule has 1 amide bonds. The van der Waals surface area contributed by atoms with Gasteiger partial charge >= 0.3 is 0 Å². The van der Waals surface area contributed by atoms with Crippen molar-refractivity contribution in [3.05, 3.63) is 28.7 Å². The molecule has 0 unspecified atom stereocenters. The highest BCUT2D eigenvalue weighted by Gasteiger charge is 2.61. The fourth-order valence-electron chi connectivity index (χ4n) is 4.09. The van der Waals surface area contributed by atoms with Gasteiger partial charge in [0, 0.05) is 38.3 Å². The van der Waals surface area contributed by atoms with Gasteiger partial charge in [0.25, 0.3) is 0 Å². The Labute approximate surface area is 151 Å². The zero-order valence-electron chi connectivity index (χ0n) is 16.4. The average molecular weight is 345 g/mol. The largest absolute Gasteiger partial charge is 0.361 e. The first-order chi connectivity index (χ1) is 11.7. The monoisotopic (exact) mass is 345 g/mol. The molecule has 25 heavy (non-hydrogen) atoms. The van der Waals surface area contributed by atoms with Crippen molar-refractivity contribution in [3.63, 3.8) is 0 Å². The highest BCUT2D eigenvalue weighted by Crippen LogP contribution is 2.60. The Kier molecular flexibility index (Phi) is 4.80. The normalized spacial score (nSPS) is 25.8. The number of piperazine rings is 1. The van der Waals surface area contributed by atoms with Crippen LogP contribution in [0.1, 0.15) is 44.7 Å². The second-order valence-electron chi connectivity index (χ2n) is 8.47. The molecule has 1 aliphatic heterocycles. The van der Waals surface area contributed by atoms with Gasteiger partial charge in [-0.2, -0.15) is 0 Å². The van der Waals surface area contributed by atoms with Gasteiger partial charge in [0.1, 0.15) is 5.76 Å². The summed E-state index contributed by atoms with van der Waals surface area (Å²) in [6.07, 6.45) is 2.27. The summed E-state index contributed by atoms with van der Waals surface area (Å²) in [5, 5.41) is 4.03. The first-order valence-corrected chi connectivity index (χ1v) is 9.29. The number of carbonyl (C=O) groups is 1. The van der Waals surface area contributed by atoms with E-state index < -0.39 is 0 Å². The Balaban J connectivity index is 1.56. The standard InChI is InChI=1S/C20H31N3O2/c1-13(2)11-17-18(20(17,5)6)19(24)23-9-7-22(8-10-23)12-16-14(3)21-25-15(16)4/h11,17-18H,7-10,12H2,1-6H3/t17-,18+/m0/s1. The van der Waals surface area contributed by atoms with Crippen LogP contribution >= 0.6 is 0 Å². The molecule has 5 nitrogen and oxygen atoms in total. The van der Waals surface area contributed by atoms with E-state index in [1.54, 1.807) is 0 Å². The Morgan fingerprint density at radius 1 is 1.24 bits per heavy atom. The molecule has 138 valence electrons. The first-order valence-electron chi connectivity index (χ1n) is 9.29. The third-order valence-corrected chi connectivity index (χ3v) is 5.94. The molecule has 5 heteroatoms. The lowest BCUT2D eigenvalue weighted by Crippen LogP contribution is -2.49. The van der Waals surface area contributed by atoms with Crippen LogP contribution in [0.3, 0.4) is 0 Å². The predicted molar refractivity (Wildman–Crippen MR) is 98.0 cm³/mol. The van der Waals surface area contributed by atoms with E-state index in [1.807, 2.05) is 13.8 Å². The highest BCUT2D eigenvalue weighted by molar-refractivity contribution is 5.84. The van der Waals surface area contributed by atoms with E-state index in [9.17, 15) is 4.79 Å². The van der Waals surface area contributed by atoms with Gasteiger partial charge in [0.15, 0.2) is 0 Å². The third-order valence-electron chi connectivity index (χ3n) is 5.94. The van der Waals surface area contributed by atoms with Crippen molar-refractivity contribution in [2.45, 2.75) is 48.1 Å². The number of carbonyl (C=O) groups excluding carboxylic acids is 1. The summed E-state index contributed by atoms with van der Waals surface area (Å²) in [6.45, 7) is 16.9. The van der Waals surface area contributed by atoms with Crippen molar-refractivity contribution < 1.29 is 9.32 Å². The van der Waals surface area contributed by atoms with E-state index in [-0.39, 0.29) is 11.3 Å². The summed E-state index contributed by atoms with van der Waals surface area (Å²) < 4.78 is 5.26. The topological polar surface area (TPSA) is 49.6 Å². The predicted octanol–water partition coefficient (Wildman–Crippen LogP) is 3.17. The molecule has 0 N–H and O–H groups in total. The molecular weight excluding hydrogens is 314 g/mol. The number of hydrogen-bond donors (Lipinski definition) is 0. The Bertz CT molecular complexity index is 658. The zero-order chi connectivity index (χ0) is 18.4. The van der Waals surface area contributed by atoms with Crippen LogP contribution in [0, 0.1) is 31.1 Å². The lowest BCUT2D eigenvalue weighted by molar-refractivity contribution is -0.135. The van der Waals surface area contributed by atoms with Crippen molar-refractivity contribution in [2.24, 2.45) is 17.3 Å². The van der Waals surface area contributed by atoms with Gasteiger partial charge in [-0.15, -0.1) is 0 Å². The van der Waals surface area contributed by atoms with Crippen LogP contribution in [0.4, 0.5) is 0 Å². The van der Waals surface area contributed by atoms with E-state index in [2.05, 4.69) is 48.7 Å². The number of allylic oxidation sites excluding steroid dienone is 2. The Morgan fingerprint density at radius 2 is 1.88 bits per heavy atom. The summed E-state index contributed by atoms with van der Waals surface area (Å²) in [7, 11) is 0. The lowest BCUT2D eigenvalue weighted by Gasteiger charge is -2.35. The van der Waals surface area contributed by atoms with Crippen molar-refractivity contribution in [2.75, 3.05) is 26.2 Å². The SMILES string of the molecule is CC(C)=C[C@H]1[C@H](C(=O)N2CCN(Cc3c(C)noc3C)CC2)C1(C)C. The molecule has 1 saturated heterocycles. The molecule has 2 fully saturated rings. The highest BCUT2D eigenvalue weighted by atomic mass is 16.5. The first kappa shape index (κ1) is 18.2. The molecule has 3 rings (SSSR count). The zero-order valence-corrected chi connectivity index (χ0v) is 16.4. The summed E-state index contributed by atoms with van der Waals surface area (Å²) in [6, 6.07) is 0. The number of rotatable bonds is 4. The molecule has 1 aromatic heterocycles. The van der Waals surface area contributed by atoms with E-state index in [0.29, 0.717) is 11.8 Å². The summed E-state index contributed by atoms with van der Waals surface area (Å²) >= 11 is 0. The second kappa shape index (κ2) is 6.60.